The summed E-state index contributed by atoms with van der Waals surface area (Å²) in [6, 6.07) is 0. The molecule has 0 aliphatic carbocycles. The van der Waals surface area contributed by atoms with E-state index in [1.165, 1.54) is 0 Å². The maximum Gasteiger partial charge on any atom is 0.410 e. The van der Waals surface area contributed by atoms with E-state index in [-0.39, 0.29) is 18.0 Å². The first-order chi connectivity index (χ1) is 11.2. The molecule has 1 fully saturated rings. The summed E-state index contributed by atoms with van der Waals surface area (Å²) in [7, 11) is 1.85. The van der Waals surface area contributed by atoms with Crippen LogP contribution in [-0.4, -0.2) is 52.0 Å². The molecule has 0 N–H and O–H groups in total. The van der Waals surface area contributed by atoms with Crippen LogP contribution < -0.4 is 0 Å². The van der Waals surface area contributed by atoms with Gasteiger partial charge in [-0.1, -0.05) is 0 Å². The zero-order valence-electron chi connectivity index (χ0n) is 15.1. The number of aryl methyl sites for hydroxylation is 1. The topological polar surface area (TPSA) is 73.7 Å². The molecule has 2 atom stereocenters. The van der Waals surface area contributed by atoms with Crippen LogP contribution in [0.15, 0.2) is 12.4 Å². The molecule has 2 unspecified atom stereocenters. The van der Waals surface area contributed by atoms with Crippen molar-refractivity contribution >= 4 is 12.1 Å². The lowest BCUT2D eigenvalue weighted by atomic mass is 9.82. The zero-order chi connectivity index (χ0) is 17.9. The van der Waals surface area contributed by atoms with Crippen molar-refractivity contribution in [1.82, 2.24) is 14.7 Å². The number of likely N-dealkylation sites (tertiary alicyclic amines) is 1. The fourth-order valence-electron chi connectivity index (χ4n) is 2.96. The average molecular weight is 337 g/mol. The van der Waals surface area contributed by atoms with Crippen molar-refractivity contribution in [2.75, 3.05) is 19.7 Å². The number of piperidine rings is 1. The number of hydrogen-bond acceptors (Lipinski definition) is 5. The van der Waals surface area contributed by atoms with Gasteiger partial charge in [-0.25, -0.2) is 4.79 Å². The highest BCUT2D eigenvalue weighted by Crippen LogP contribution is 2.34. The molecule has 0 bridgehead atoms. The second kappa shape index (κ2) is 7.23. The third-order valence-electron chi connectivity index (χ3n) is 4.01. The van der Waals surface area contributed by atoms with Crippen molar-refractivity contribution in [3.63, 3.8) is 0 Å². The van der Waals surface area contributed by atoms with Crippen LogP contribution in [0, 0.1) is 5.92 Å². The Bertz CT molecular complexity index is 591. The van der Waals surface area contributed by atoms with Crippen LogP contribution in [0.4, 0.5) is 4.79 Å². The Morgan fingerprint density at radius 1 is 1.38 bits per heavy atom. The van der Waals surface area contributed by atoms with Crippen molar-refractivity contribution in [2.45, 2.75) is 45.6 Å². The molecular weight excluding hydrogens is 310 g/mol. The Kier molecular flexibility index (Phi) is 5.51. The van der Waals surface area contributed by atoms with Gasteiger partial charge in [0.1, 0.15) is 5.60 Å². The summed E-state index contributed by atoms with van der Waals surface area (Å²) in [5, 5.41) is 4.19. The number of hydrogen-bond donors (Lipinski definition) is 0. The maximum absolute atomic E-state index is 12.4. The molecule has 1 amide bonds. The second-order valence-electron chi connectivity index (χ2n) is 7.13. The summed E-state index contributed by atoms with van der Waals surface area (Å²) >= 11 is 0. The molecule has 1 aliphatic rings. The van der Waals surface area contributed by atoms with Gasteiger partial charge in [0.05, 0.1) is 18.7 Å². The van der Waals surface area contributed by atoms with Crippen LogP contribution >= 0.6 is 0 Å². The fraction of sp³-hybridized carbons (Fsp3) is 0.706. The van der Waals surface area contributed by atoms with Gasteiger partial charge in [-0.3, -0.25) is 9.48 Å². The number of ether oxygens (including phenoxy) is 2. The van der Waals surface area contributed by atoms with Gasteiger partial charge in [-0.15, -0.1) is 0 Å². The van der Waals surface area contributed by atoms with Crippen molar-refractivity contribution in [3.05, 3.63) is 18.0 Å². The lowest BCUT2D eigenvalue weighted by Crippen LogP contribution is -2.47. The minimum atomic E-state index is -0.559. The first-order valence-electron chi connectivity index (χ1n) is 8.34. The Morgan fingerprint density at radius 2 is 2.08 bits per heavy atom. The lowest BCUT2D eigenvalue weighted by molar-refractivity contribution is -0.150. The summed E-state index contributed by atoms with van der Waals surface area (Å²) < 4.78 is 12.4. The Morgan fingerprint density at radius 3 is 2.62 bits per heavy atom. The van der Waals surface area contributed by atoms with E-state index in [0.717, 1.165) is 5.56 Å². The molecule has 1 aromatic rings. The molecule has 0 spiro atoms. The normalized spacial score (nSPS) is 21.5. The van der Waals surface area contributed by atoms with Crippen LogP contribution in [-0.2, 0) is 21.3 Å². The minimum Gasteiger partial charge on any atom is -0.466 e. The SMILES string of the molecule is CCOC(=O)C1CN(C(=O)OC(C)(C)C)CCC1c1cnn(C)c1. The third kappa shape index (κ3) is 4.49. The molecule has 7 nitrogen and oxygen atoms in total. The number of nitrogens with zero attached hydrogens (tertiary/aromatic N) is 3. The first kappa shape index (κ1) is 18.3. The number of amides is 1. The average Bonchev–Trinajstić information content (AvgIpc) is 2.91. The third-order valence-corrected chi connectivity index (χ3v) is 4.01. The molecular formula is C17H27N3O4. The molecule has 7 heteroatoms. The van der Waals surface area contributed by atoms with E-state index in [0.29, 0.717) is 26.1 Å². The maximum atomic E-state index is 12.4. The van der Waals surface area contributed by atoms with Crippen LogP contribution in [0.5, 0.6) is 0 Å². The van der Waals surface area contributed by atoms with E-state index in [9.17, 15) is 9.59 Å². The van der Waals surface area contributed by atoms with Crippen molar-refractivity contribution in [1.29, 1.82) is 0 Å². The number of rotatable bonds is 3. The van der Waals surface area contributed by atoms with E-state index in [1.807, 2.05) is 34.0 Å². The van der Waals surface area contributed by atoms with Crippen molar-refractivity contribution in [2.24, 2.45) is 13.0 Å². The van der Waals surface area contributed by atoms with Gasteiger partial charge in [0, 0.05) is 32.3 Å². The van der Waals surface area contributed by atoms with Gasteiger partial charge < -0.3 is 14.4 Å². The zero-order valence-corrected chi connectivity index (χ0v) is 15.1. The predicted molar refractivity (Wildman–Crippen MR) is 88.5 cm³/mol. The number of carbonyl (C=O) groups excluding carboxylic acids is 2. The molecule has 24 heavy (non-hydrogen) atoms. The van der Waals surface area contributed by atoms with Gasteiger partial charge in [-0.2, -0.15) is 5.10 Å². The molecule has 0 radical (unpaired) electrons. The summed E-state index contributed by atoms with van der Waals surface area (Å²) in [6.07, 6.45) is 3.98. The van der Waals surface area contributed by atoms with Crippen LogP contribution in [0.1, 0.15) is 45.6 Å². The highest BCUT2D eigenvalue weighted by atomic mass is 16.6. The number of aromatic nitrogens is 2. The van der Waals surface area contributed by atoms with Crippen LogP contribution in [0.25, 0.3) is 0 Å². The molecule has 134 valence electrons. The molecule has 0 aromatic carbocycles. The van der Waals surface area contributed by atoms with Crippen molar-refractivity contribution in [3.8, 4) is 0 Å². The smallest absolute Gasteiger partial charge is 0.410 e. The van der Waals surface area contributed by atoms with Gasteiger partial charge in [-0.05, 0) is 39.7 Å². The predicted octanol–water partition coefficient (Wildman–Crippen LogP) is 2.32. The van der Waals surface area contributed by atoms with E-state index in [1.54, 1.807) is 22.7 Å². The molecule has 1 aromatic heterocycles. The Balaban J connectivity index is 2.16. The summed E-state index contributed by atoms with van der Waals surface area (Å²) in [5.41, 5.74) is 0.441. The molecule has 0 saturated carbocycles. The largest absolute Gasteiger partial charge is 0.466 e. The summed E-state index contributed by atoms with van der Waals surface area (Å²) in [4.78, 5) is 26.3. The van der Waals surface area contributed by atoms with Gasteiger partial charge in [0.2, 0.25) is 0 Å². The van der Waals surface area contributed by atoms with E-state index in [2.05, 4.69) is 5.10 Å². The lowest BCUT2D eigenvalue weighted by Gasteiger charge is -2.37. The second-order valence-corrected chi connectivity index (χ2v) is 7.13. The monoisotopic (exact) mass is 337 g/mol. The minimum absolute atomic E-state index is 0.00330. The number of carbonyl (C=O) groups is 2. The Labute approximate surface area is 142 Å². The van der Waals surface area contributed by atoms with Crippen LogP contribution in [0.3, 0.4) is 0 Å². The standard InChI is InChI=1S/C17H27N3O4/c1-6-23-15(21)14-11-20(16(22)24-17(2,3)4)8-7-13(14)12-9-18-19(5)10-12/h9-10,13-14H,6-8,11H2,1-5H3. The highest BCUT2D eigenvalue weighted by molar-refractivity contribution is 5.76. The van der Waals surface area contributed by atoms with Gasteiger partial charge in [0.15, 0.2) is 0 Å². The van der Waals surface area contributed by atoms with E-state index >= 15 is 0 Å². The summed E-state index contributed by atoms with van der Waals surface area (Å²) in [6.45, 7) is 8.44. The van der Waals surface area contributed by atoms with Crippen molar-refractivity contribution < 1.29 is 19.1 Å². The molecule has 2 heterocycles. The first-order valence-corrected chi connectivity index (χ1v) is 8.34. The van der Waals surface area contributed by atoms with E-state index in [4.69, 9.17) is 9.47 Å². The molecule has 1 aliphatic heterocycles. The molecule has 1 saturated heterocycles. The van der Waals surface area contributed by atoms with Crippen LogP contribution in [0.2, 0.25) is 0 Å². The van der Waals surface area contributed by atoms with Gasteiger partial charge >= 0.3 is 12.1 Å². The quantitative estimate of drug-likeness (QED) is 0.792. The van der Waals surface area contributed by atoms with E-state index < -0.39 is 11.5 Å². The Hall–Kier alpha value is -2.05. The fourth-order valence-corrected chi connectivity index (χ4v) is 2.96. The summed E-state index contributed by atoms with van der Waals surface area (Å²) in [5.74, 6) is -0.688. The molecule has 2 rings (SSSR count). The van der Waals surface area contributed by atoms with Gasteiger partial charge in [0.25, 0.3) is 0 Å². The number of esters is 1. The highest BCUT2D eigenvalue weighted by Gasteiger charge is 2.39.